The molecule has 1 radical (unpaired) electrons. The van der Waals surface area contributed by atoms with Crippen molar-refractivity contribution < 1.29 is 30.3 Å². The predicted molar refractivity (Wildman–Crippen MR) is 106 cm³/mol. The molecule has 5 heteroatoms. The van der Waals surface area contributed by atoms with Crippen molar-refractivity contribution in [3.05, 3.63) is 48.2 Å². The fourth-order valence-corrected chi connectivity index (χ4v) is 5.82. The van der Waals surface area contributed by atoms with Gasteiger partial charge in [-0.25, -0.2) is 0 Å². The summed E-state index contributed by atoms with van der Waals surface area (Å²) in [7, 11) is 2.00. The van der Waals surface area contributed by atoms with Crippen LogP contribution in [0.15, 0.2) is 36.5 Å². The largest absolute Gasteiger partial charge is 0.400 e. The van der Waals surface area contributed by atoms with Gasteiger partial charge in [-0.2, -0.15) is 0 Å². The molecule has 0 aliphatic rings. The molecule has 0 aliphatic heterocycles. The molecular formula is C20H32GeIrNO2-. The molecule has 0 saturated carbocycles. The number of rotatable bonds is 4. The first-order valence-electron chi connectivity index (χ1n) is 8.24. The molecular weight excluding hydrogens is 551 g/mol. The number of aromatic nitrogens is 1. The summed E-state index contributed by atoms with van der Waals surface area (Å²) in [4.78, 5) is 4.70. The van der Waals surface area contributed by atoms with Gasteiger partial charge in [-0.15, -0.1) is 0 Å². The van der Waals surface area contributed by atoms with Crippen LogP contribution in [0.3, 0.4) is 0 Å². The minimum Gasteiger partial charge on any atom is -0.400 e. The molecule has 0 amide bonds. The Hall–Kier alpha value is -0.518. The van der Waals surface area contributed by atoms with Crippen LogP contribution in [-0.4, -0.2) is 42.7 Å². The van der Waals surface area contributed by atoms with Crippen LogP contribution < -0.4 is 4.40 Å². The maximum Gasteiger partial charge on any atom is 0.0319 e. The van der Waals surface area contributed by atoms with Gasteiger partial charge in [0.15, 0.2) is 0 Å². The zero-order valence-corrected chi connectivity index (χ0v) is 20.9. The number of pyridine rings is 1. The Morgan fingerprint density at radius 2 is 1.68 bits per heavy atom. The maximum absolute atomic E-state index is 7.00. The van der Waals surface area contributed by atoms with E-state index in [2.05, 4.69) is 55.5 Å². The van der Waals surface area contributed by atoms with Crippen molar-refractivity contribution >= 4 is 17.7 Å². The summed E-state index contributed by atoms with van der Waals surface area (Å²) in [5, 5.41) is 14.0. The molecule has 0 saturated heterocycles. The maximum atomic E-state index is 7.00. The van der Waals surface area contributed by atoms with E-state index in [0.717, 1.165) is 31.9 Å². The molecule has 0 atom stereocenters. The first-order valence-corrected chi connectivity index (χ1v) is 15.6. The summed E-state index contributed by atoms with van der Waals surface area (Å²) in [6.07, 6.45) is 3.27. The Balaban J connectivity index is 0. The van der Waals surface area contributed by atoms with Crippen molar-refractivity contribution in [3.8, 4) is 11.3 Å². The summed E-state index contributed by atoms with van der Waals surface area (Å²) in [5.41, 5.74) is 3.64. The minimum absolute atomic E-state index is 0. The monoisotopic (exact) mass is 585 g/mol. The molecule has 0 bridgehead atoms. The first kappa shape index (κ1) is 26.7. The molecule has 2 N–H and O–H groups in total. The number of hydrogen-bond acceptors (Lipinski definition) is 3. The Bertz CT molecular complexity index is 584. The Kier molecular flexibility index (Phi) is 14.6. The van der Waals surface area contributed by atoms with Gasteiger partial charge in [0.2, 0.25) is 0 Å². The van der Waals surface area contributed by atoms with E-state index in [1.807, 2.05) is 18.2 Å². The van der Waals surface area contributed by atoms with Crippen molar-refractivity contribution in [3.63, 3.8) is 0 Å². The second-order valence-electron chi connectivity index (χ2n) is 6.85. The molecule has 25 heavy (non-hydrogen) atoms. The molecule has 1 aromatic heterocycles. The summed E-state index contributed by atoms with van der Waals surface area (Å²) < 4.78 is 1.54. The van der Waals surface area contributed by atoms with Gasteiger partial charge in [0.05, 0.1) is 0 Å². The first-order chi connectivity index (χ1) is 11.4. The molecule has 0 unspecified atom stereocenters. The van der Waals surface area contributed by atoms with E-state index in [-0.39, 0.29) is 20.1 Å². The fraction of sp³-hybridized carbons (Fsp3) is 0.450. The van der Waals surface area contributed by atoms with Crippen LogP contribution in [0.1, 0.15) is 19.4 Å². The number of hydrogen-bond donors (Lipinski definition) is 2. The predicted octanol–water partition coefficient (Wildman–Crippen LogP) is 3.51. The van der Waals surface area contributed by atoms with Gasteiger partial charge in [-0.1, -0.05) is 0 Å². The molecule has 1 heterocycles. The van der Waals surface area contributed by atoms with Crippen LogP contribution >= 0.6 is 0 Å². The van der Waals surface area contributed by atoms with Crippen LogP contribution in [0, 0.1) is 12.0 Å². The zero-order chi connectivity index (χ0) is 18.8. The molecule has 0 fully saturated rings. The van der Waals surface area contributed by atoms with E-state index >= 15 is 0 Å². The van der Waals surface area contributed by atoms with Gasteiger partial charge in [-0.3, -0.25) is 0 Å². The molecule has 2 aromatic rings. The van der Waals surface area contributed by atoms with Crippen molar-refractivity contribution in [2.45, 2.75) is 37.5 Å². The SMILES string of the molecule is CC(C)Cc1cc(-c2[c-]cccc2)nc[c]1[Ge]([CH3])([CH3])[CH3].CO.CO.[Ir]. The summed E-state index contributed by atoms with van der Waals surface area (Å²) in [6, 6.07) is 13.6. The normalized spacial score (nSPS) is 10.0. The second-order valence-corrected chi connectivity index (χ2v) is 17.4. The van der Waals surface area contributed by atoms with Crippen LogP contribution in [0.25, 0.3) is 11.3 Å². The van der Waals surface area contributed by atoms with Gasteiger partial charge in [0.25, 0.3) is 0 Å². The molecule has 2 rings (SSSR count). The van der Waals surface area contributed by atoms with E-state index in [0.29, 0.717) is 5.92 Å². The molecule has 1 aromatic carbocycles. The van der Waals surface area contributed by atoms with Crippen molar-refractivity contribution in [2.75, 3.05) is 14.2 Å². The molecule has 0 aliphatic carbocycles. The summed E-state index contributed by atoms with van der Waals surface area (Å²) in [5.74, 6) is 7.99. The van der Waals surface area contributed by atoms with Gasteiger partial charge in [0.1, 0.15) is 0 Å². The Morgan fingerprint density at radius 3 is 2.12 bits per heavy atom. The number of nitrogens with zero attached hydrogens (tertiary/aromatic N) is 1. The van der Waals surface area contributed by atoms with E-state index in [1.165, 1.54) is 5.56 Å². The average Bonchev–Trinajstić information content (AvgIpc) is 2.58. The number of aliphatic hydroxyl groups is 2. The number of aliphatic hydroxyl groups excluding tert-OH is 2. The van der Waals surface area contributed by atoms with E-state index in [4.69, 9.17) is 15.2 Å². The van der Waals surface area contributed by atoms with E-state index in [9.17, 15) is 0 Å². The topological polar surface area (TPSA) is 53.4 Å². The third kappa shape index (κ3) is 9.11. The summed E-state index contributed by atoms with van der Waals surface area (Å²) >= 11 is -1.86. The quantitative estimate of drug-likeness (QED) is 0.429. The third-order valence-electron chi connectivity index (χ3n) is 3.41. The molecule has 3 nitrogen and oxygen atoms in total. The second kappa shape index (κ2) is 13.7. The standard InChI is InChI=1S/C18H24GeN.2CH4O.Ir/c1-14(2)11-16-12-18(15-9-7-6-8-10-15)20-13-17(16)19(3,4)5;2*1-2;/h6-9,12-14H,11H2,1-5H3;2*2H,1H3;/q-1;;;. The van der Waals surface area contributed by atoms with Crippen molar-refractivity contribution in [2.24, 2.45) is 5.92 Å². The Labute approximate surface area is 169 Å². The smallest absolute Gasteiger partial charge is 0.0319 e. The van der Waals surface area contributed by atoms with Crippen LogP contribution in [0.2, 0.25) is 17.3 Å². The van der Waals surface area contributed by atoms with Crippen LogP contribution in [-0.2, 0) is 26.5 Å². The van der Waals surface area contributed by atoms with Gasteiger partial charge in [-0.05, 0) is 0 Å². The number of benzene rings is 1. The van der Waals surface area contributed by atoms with E-state index in [1.54, 1.807) is 4.40 Å². The van der Waals surface area contributed by atoms with Gasteiger partial charge < -0.3 is 10.2 Å². The summed E-state index contributed by atoms with van der Waals surface area (Å²) in [6.45, 7) is 4.57. The average molecular weight is 583 g/mol. The van der Waals surface area contributed by atoms with Crippen LogP contribution in [0.5, 0.6) is 0 Å². The third-order valence-corrected chi connectivity index (χ3v) is 7.75. The zero-order valence-electron chi connectivity index (χ0n) is 16.4. The van der Waals surface area contributed by atoms with Crippen molar-refractivity contribution in [1.29, 1.82) is 0 Å². The molecule has 0 spiro atoms. The van der Waals surface area contributed by atoms with Gasteiger partial charge >= 0.3 is 126 Å². The van der Waals surface area contributed by atoms with Crippen LogP contribution in [0.4, 0.5) is 0 Å². The van der Waals surface area contributed by atoms with Gasteiger partial charge in [0, 0.05) is 34.3 Å². The Morgan fingerprint density at radius 1 is 1.08 bits per heavy atom. The van der Waals surface area contributed by atoms with E-state index < -0.39 is 13.3 Å². The van der Waals surface area contributed by atoms with Crippen molar-refractivity contribution in [1.82, 2.24) is 4.98 Å². The fourth-order valence-electron chi connectivity index (χ4n) is 2.48. The minimum atomic E-state index is -1.86. The molecule has 143 valence electrons.